The molecule has 0 aliphatic carbocycles. The number of para-hydroxylation sites is 1. The van der Waals surface area contributed by atoms with Crippen LogP contribution in [0.1, 0.15) is 25.0 Å². The Bertz CT molecular complexity index is 357. The zero-order valence-electron chi connectivity index (χ0n) is 8.97. The van der Waals surface area contributed by atoms with Crippen LogP contribution in [0.3, 0.4) is 0 Å². The van der Waals surface area contributed by atoms with Gasteiger partial charge in [0, 0.05) is 11.5 Å². The minimum atomic E-state index is -0.643. The molecule has 2 atom stereocenters. The van der Waals surface area contributed by atoms with Crippen molar-refractivity contribution in [1.29, 1.82) is 5.26 Å². The Morgan fingerprint density at radius 1 is 1.47 bits per heavy atom. The van der Waals surface area contributed by atoms with E-state index in [2.05, 4.69) is 6.07 Å². The lowest BCUT2D eigenvalue weighted by atomic mass is 9.98. The number of hydrogen-bond acceptors (Lipinski definition) is 3. The summed E-state index contributed by atoms with van der Waals surface area (Å²) in [6.07, 6.45) is -0.215. The van der Waals surface area contributed by atoms with E-state index in [9.17, 15) is 5.11 Å². The minimum absolute atomic E-state index is 0.162. The largest absolute Gasteiger partial charge is 0.496 e. The van der Waals surface area contributed by atoms with Crippen LogP contribution in [0, 0.1) is 17.2 Å². The second-order valence-corrected chi connectivity index (χ2v) is 3.52. The molecule has 0 heterocycles. The third kappa shape index (κ3) is 2.97. The highest BCUT2D eigenvalue weighted by Gasteiger charge is 2.15. The van der Waals surface area contributed by atoms with Gasteiger partial charge in [-0.15, -0.1) is 0 Å². The van der Waals surface area contributed by atoms with Crippen LogP contribution >= 0.6 is 0 Å². The number of methoxy groups -OCH3 is 1. The molecule has 1 aromatic carbocycles. The molecule has 0 aromatic heterocycles. The molecule has 0 spiro atoms. The van der Waals surface area contributed by atoms with Crippen LogP contribution in [-0.2, 0) is 0 Å². The van der Waals surface area contributed by atoms with Crippen molar-refractivity contribution in [3.05, 3.63) is 29.8 Å². The molecule has 1 N–H and O–H groups in total. The first-order chi connectivity index (χ1) is 7.19. The van der Waals surface area contributed by atoms with Gasteiger partial charge in [-0.25, -0.2) is 0 Å². The van der Waals surface area contributed by atoms with Crippen LogP contribution in [0.5, 0.6) is 5.75 Å². The third-order valence-corrected chi connectivity index (χ3v) is 2.30. The van der Waals surface area contributed by atoms with E-state index in [0.717, 1.165) is 5.56 Å². The zero-order chi connectivity index (χ0) is 11.3. The van der Waals surface area contributed by atoms with Gasteiger partial charge < -0.3 is 9.84 Å². The Morgan fingerprint density at radius 3 is 2.73 bits per heavy atom. The maximum atomic E-state index is 9.90. The number of hydrogen-bond donors (Lipinski definition) is 1. The fourth-order valence-electron chi connectivity index (χ4n) is 1.46. The number of aliphatic hydroxyl groups is 1. The molecule has 0 aliphatic heterocycles. The van der Waals surface area contributed by atoms with Crippen LogP contribution < -0.4 is 4.74 Å². The van der Waals surface area contributed by atoms with Gasteiger partial charge in [-0.1, -0.05) is 18.2 Å². The van der Waals surface area contributed by atoms with Crippen molar-refractivity contribution in [1.82, 2.24) is 0 Å². The highest BCUT2D eigenvalue weighted by Crippen LogP contribution is 2.28. The van der Waals surface area contributed by atoms with Gasteiger partial charge >= 0.3 is 0 Å². The van der Waals surface area contributed by atoms with E-state index in [1.807, 2.05) is 18.2 Å². The summed E-state index contributed by atoms with van der Waals surface area (Å²) in [6, 6.07) is 9.41. The lowest BCUT2D eigenvalue weighted by molar-refractivity contribution is 0.153. The van der Waals surface area contributed by atoms with Crippen molar-refractivity contribution < 1.29 is 9.84 Å². The smallest absolute Gasteiger partial charge is 0.124 e. The van der Waals surface area contributed by atoms with E-state index in [1.165, 1.54) is 0 Å². The Hall–Kier alpha value is -1.53. The third-order valence-electron chi connectivity index (χ3n) is 2.30. The first kappa shape index (κ1) is 11.5. The van der Waals surface area contributed by atoms with Gasteiger partial charge in [-0.05, 0) is 19.4 Å². The second kappa shape index (κ2) is 5.38. The molecule has 1 aromatic rings. The van der Waals surface area contributed by atoms with Crippen molar-refractivity contribution in [2.24, 2.45) is 5.92 Å². The predicted molar refractivity (Wildman–Crippen MR) is 57.3 cm³/mol. The quantitative estimate of drug-likeness (QED) is 0.820. The van der Waals surface area contributed by atoms with Gasteiger partial charge in [0.15, 0.2) is 0 Å². The van der Waals surface area contributed by atoms with Gasteiger partial charge in [-0.3, -0.25) is 0 Å². The highest BCUT2D eigenvalue weighted by atomic mass is 16.5. The number of aliphatic hydroxyl groups excluding tert-OH is 1. The molecule has 3 heteroatoms. The fraction of sp³-hybridized carbons (Fsp3) is 0.417. The van der Waals surface area contributed by atoms with E-state index in [0.29, 0.717) is 12.2 Å². The van der Waals surface area contributed by atoms with E-state index in [-0.39, 0.29) is 5.92 Å². The Kier molecular flexibility index (Phi) is 4.14. The number of ether oxygens (including phenoxy) is 1. The molecule has 0 aliphatic rings. The van der Waals surface area contributed by atoms with Crippen molar-refractivity contribution in [3.8, 4) is 11.8 Å². The fourth-order valence-corrected chi connectivity index (χ4v) is 1.46. The molecule has 3 nitrogen and oxygen atoms in total. The highest BCUT2D eigenvalue weighted by molar-refractivity contribution is 5.35. The molecule has 0 saturated carbocycles. The topological polar surface area (TPSA) is 53.2 Å². The van der Waals surface area contributed by atoms with E-state index in [1.54, 1.807) is 20.1 Å². The number of rotatable bonds is 4. The summed E-state index contributed by atoms with van der Waals surface area (Å²) >= 11 is 0. The first-order valence-electron chi connectivity index (χ1n) is 4.89. The summed E-state index contributed by atoms with van der Waals surface area (Å²) in [5.74, 6) is 0.500. The maximum absolute atomic E-state index is 9.90. The molecule has 0 saturated heterocycles. The Morgan fingerprint density at radius 2 is 2.13 bits per heavy atom. The summed E-state index contributed by atoms with van der Waals surface area (Å²) in [7, 11) is 1.57. The van der Waals surface area contributed by atoms with Crippen molar-refractivity contribution in [2.45, 2.75) is 19.4 Å². The standard InChI is InChI=1S/C12H15NO2/c1-9(8-13)7-11(14)10-5-3-4-6-12(10)15-2/h3-6,9,11,14H,7H2,1-2H3. The van der Waals surface area contributed by atoms with Gasteiger partial charge in [0.2, 0.25) is 0 Å². The van der Waals surface area contributed by atoms with Crippen LogP contribution in [0.2, 0.25) is 0 Å². The van der Waals surface area contributed by atoms with E-state index < -0.39 is 6.10 Å². The zero-order valence-corrected chi connectivity index (χ0v) is 8.97. The summed E-state index contributed by atoms with van der Waals surface area (Å²) in [5, 5.41) is 18.6. The van der Waals surface area contributed by atoms with Gasteiger partial charge in [0.05, 0.1) is 19.3 Å². The molecular formula is C12H15NO2. The summed E-state index contributed by atoms with van der Waals surface area (Å²) in [6.45, 7) is 1.79. The molecule has 2 unspecified atom stereocenters. The van der Waals surface area contributed by atoms with Crippen LogP contribution in [0.15, 0.2) is 24.3 Å². The Labute approximate surface area is 89.9 Å². The van der Waals surface area contributed by atoms with Gasteiger partial charge in [0.25, 0.3) is 0 Å². The summed E-state index contributed by atoms with van der Waals surface area (Å²) in [5.41, 5.74) is 0.738. The minimum Gasteiger partial charge on any atom is -0.496 e. The normalized spacial score (nSPS) is 14.0. The molecule has 0 amide bonds. The SMILES string of the molecule is COc1ccccc1C(O)CC(C)C#N. The first-order valence-corrected chi connectivity index (χ1v) is 4.89. The number of nitriles is 1. The van der Waals surface area contributed by atoms with Crippen LogP contribution in [0.25, 0.3) is 0 Å². The maximum Gasteiger partial charge on any atom is 0.124 e. The molecule has 0 radical (unpaired) electrons. The predicted octanol–water partition coefficient (Wildman–Crippen LogP) is 2.28. The van der Waals surface area contributed by atoms with Crippen molar-refractivity contribution in [3.63, 3.8) is 0 Å². The molecule has 0 bridgehead atoms. The molecule has 80 valence electrons. The average Bonchev–Trinajstić information content (AvgIpc) is 2.28. The van der Waals surface area contributed by atoms with Gasteiger partial charge in [-0.2, -0.15) is 5.26 Å². The number of nitrogens with zero attached hydrogens (tertiary/aromatic N) is 1. The molecule has 1 rings (SSSR count). The average molecular weight is 205 g/mol. The van der Waals surface area contributed by atoms with Crippen molar-refractivity contribution >= 4 is 0 Å². The van der Waals surface area contributed by atoms with Crippen molar-refractivity contribution in [2.75, 3.05) is 7.11 Å². The molecule has 0 fully saturated rings. The second-order valence-electron chi connectivity index (χ2n) is 3.52. The summed E-state index contributed by atoms with van der Waals surface area (Å²) in [4.78, 5) is 0. The Balaban J connectivity index is 2.82. The van der Waals surface area contributed by atoms with Gasteiger partial charge in [0.1, 0.15) is 5.75 Å². The lowest BCUT2D eigenvalue weighted by Gasteiger charge is -2.15. The lowest BCUT2D eigenvalue weighted by Crippen LogP contribution is -2.04. The van der Waals surface area contributed by atoms with E-state index >= 15 is 0 Å². The summed E-state index contributed by atoms with van der Waals surface area (Å²) < 4.78 is 5.14. The van der Waals surface area contributed by atoms with Crippen LogP contribution in [0.4, 0.5) is 0 Å². The molecular weight excluding hydrogens is 190 g/mol. The van der Waals surface area contributed by atoms with Crippen LogP contribution in [-0.4, -0.2) is 12.2 Å². The monoisotopic (exact) mass is 205 g/mol. The molecule has 15 heavy (non-hydrogen) atoms. The number of benzene rings is 1. The van der Waals surface area contributed by atoms with E-state index in [4.69, 9.17) is 10.00 Å².